The summed E-state index contributed by atoms with van der Waals surface area (Å²) in [5.41, 5.74) is 6.53. The summed E-state index contributed by atoms with van der Waals surface area (Å²) in [4.78, 5) is 11.9. The highest BCUT2D eigenvalue weighted by Gasteiger charge is 2.20. The van der Waals surface area contributed by atoms with Gasteiger partial charge in [-0.05, 0) is 25.5 Å². The fraction of sp³-hybridized carbons (Fsp3) is 0.462. The largest absolute Gasteiger partial charge is 0.433 e. The van der Waals surface area contributed by atoms with E-state index in [-0.39, 0.29) is 23.4 Å². The van der Waals surface area contributed by atoms with Gasteiger partial charge in [0, 0.05) is 6.04 Å². The predicted molar refractivity (Wildman–Crippen MR) is 69.3 cm³/mol. The number of anilines is 1. The molecule has 106 valence electrons. The number of ether oxygens (including phenoxy) is 1. The number of amides is 1. The third-order valence-electron chi connectivity index (χ3n) is 2.90. The standard InChI is InChI=1S/C13H18F2N2O2/c1-7-5-4-6-10(19-13(14)15)11(7)17-12(18)8(2)9(3)16/h4-6,8-9,13H,16H2,1-3H3,(H,17,18). The van der Waals surface area contributed by atoms with Gasteiger partial charge in [0.25, 0.3) is 0 Å². The molecule has 0 bridgehead atoms. The van der Waals surface area contributed by atoms with Crippen LogP contribution in [0.2, 0.25) is 0 Å². The summed E-state index contributed by atoms with van der Waals surface area (Å²) in [5, 5.41) is 2.59. The van der Waals surface area contributed by atoms with Gasteiger partial charge in [0.05, 0.1) is 11.6 Å². The lowest BCUT2D eigenvalue weighted by molar-refractivity contribution is -0.119. The summed E-state index contributed by atoms with van der Waals surface area (Å²) >= 11 is 0. The number of hydrogen-bond acceptors (Lipinski definition) is 3. The number of aryl methyl sites for hydroxylation is 1. The molecule has 0 saturated heterocycles. The van der Waals surface area contributed by atoms with Crippen LogP contribution >= 0.6 is 0 Å². The molecule has 0 spiro atoms. The molecule has 0 aliphatic heterocycles. The zero-order valence-corrected chi connectivity index (χ0v) is 11.1. The maximum Gasteiger partial charge on any atom is 0.387 e. The lowest BCUT2D eigenvalue weighted by atomic mass is 10.0. The average molecular weight is 272 g/mol. The van der Waals surface area contributed by atoms with Crippen molar-refractivity contribution in [2.24, 2.45) is 11.7 Å². The van der Waals surface area contributed by atoms with Crippen LogP contribution in [0.5, 0.6) is 5.75 Å². The first-order valence-corrected chi connectivity index (χ1v) is 5.93. The van der Waals surface area contributed by atoms with Crippen LogP contribution in [-0.2, 0) is 4.79 Å². The molecule has 0 fully saturated rings. The molecule has 0 aliphatic rings. The molecule has 1 rings (SSSR count). The van der Waals surface area contributed by atoms with Crippen LogP contribution in [0.3, 0.4) is 0 Å². The molecule has 0 heterocycles. The van der Waals surface area contributed by atoms with Gasteiger partial charge in [-0.15, -0.1) is 0 Å². The van der Waals surface area contributed by atoms with Gasteiger partial charge in [-0.25, -0.2) is 0 Å². The Labute approximate surface area is 110 Å². The van der Waals surface area contributed by atoms with Crippen LogP contribution in [0.15, 0.2) is 18.2 Å². The van der Waals surface area contributed by atoms with Crippen molar-refractivity contribution in [1.29, 1.82) is 0 Å². The molecule has 0 aliphatic carbocycles. The predicted octanol–water partition coefficient (Wildman–Crippen LogP) is 2.52. The minimum absolute atomic E-state index is 0.0553. The Hall–Kier alpha value is -1.69. The number of para-hydroxylation sites is 1. The highest BCUT2D eigenvalue weighted by molar-refractivity contribution is 5.95. The van der Waals surface area contributed by atoms with Crippen molar-refractivity contribution in [3.05, 3.63) is 23.8 Å². The summed E-state index contributed by atoms with van der Waals surface area (Å²) in [7, 11) is 0. The fourth-order valence-electron chi connectivity index (χ4n) is 1.47. The minimum Gasteiger partial charge on any atom is -0.433 e. The van der Waals surface area contributed by atoms with E-state index in [1.54, 1.807) is 32.9 Å². The summed E-state index contributed by atoms with van der Waals surface area (Å²) in [6.07, 6.45) is 0. The summed E-state index contributed by atoms with van der Waals surface area (Å²) in [6, 6.07) is 4.33. The zero-order chi connectivity index (χ0) is 14.6. The first-order valence-electron chi connectivity index (χ1n) is 5.93. The van der Waals surface area contributed by atoms with Crippen molar-refractivity contribution in [1.82, 2.24) is 0 Å². The van der Waals surface area contributed by atoms with Crippen molar-refractivity contribution in [2.45, 2.75) is 33.4 Å². The number of benzene rings is 1. The number of nitrogens with one attached hydrogen (secondary N) is 1. The quantitative estimate of drug-likeness (QED) is 0.865. The molecule has 0 saturated carbocycles. The van der Waals surface area contributed by atoms with Gasteiger partial charge in [-0.3, -0.25) is 4.79 Å². The molecular weight excluding hydrogens is 254 g/mol. The average Bonchev–Trinajstić information content (AvgIpc) is 2.31. The van der Waals surface area contributed by atoms with Gasteiger partial charge < -0.3 is 15.8 Å². The van der Waals surface area contributed by atoms with Crippen LogP contribution in [-0.4, -0.2) is 18.6 Å². The second kappa shape index (κ2) is 6.47. The minimum atomic E-state index is -2.94. The second-order valence-corrected chi connectivity index (χ2v) is 4.46. The van der Waals surface area contributed by atoms with E-state index in [1.165, 1.54) is 6.07 Å². The maximum absolute atomic E-state index is 12.3. The van der Waals surface area contributed by atoms with Crippen molar-refractivity contribution in [3.63, 3.8) is 0 Å². The molecule has 6 heteroatoms. The van der Waals surface area contributed by atoms with Gasteiger partial charge in [-0.2, -0.15) is 8.78 Å². The van der Waals surface area contributed by atoms with Gasteiger partial charge in [0.1, 0.15) is 5.75 Å². The number of rotatable bonds is 5. The van der Waals surface area contributed by atoms with Crippen molar-refractivity contribution >= 4 is 11.6 Å². The Morgan fingerprint density at radius 1 is 1.37 bits per heavy atom. The molecule has 0 aromatic heterocycles. The fourth-order valence-corrected chi connectivity index (χ4v) is 1.47. The molecule has 3 N–H and O–H groups in total. The molecule has 2 unspecified atom stereocenters. The van der Waals surface area contributed by atoms with E-state index < -0.39 is 12.5 Å². The number of carbonyl (C=O) groups excluding carboxylic acids is 1. The first-order chi connectivity index (χ1) is 8.82. The Balaban J connectivity index is 2.96. The molecule has 1 aromatic rings. The highest BCUT2D eigenvalue weighted by atomic mass is 19.3. The lowest BCUT2D eigenvalue weighted by Gasteiger charge is -2.18. The van der Waals surface area contributed by atoms with E-state index in [9.17, 15) is 13.6 Å². The van der Waals surface area contributed by atoms with Crippen LogP contribution < -0.4 is 15.8 Å². The topological polar surface area (TPSA) is 64.3 Å². The molecular formula is C13H18F2N2O2. The Bertz CT molecular complexity index is 450. The SMILES string of the molecule is Cc1cccc(OC(F)F)c1NC(=O)C(C)C(C)N. The van der Waals surface area contributed by atoms with Gasteiger partial charge in [-0.1, -0.05) is 19.1 Å². The van der Waals surface area contributed by atoms with Crippen LogP contribution in [0.1, 0.15) is 19.4 Å². The second-order valence-electron chi connectivity index (χ2n) is 4.46. The molecule has 4 nitrogen and oxygen atoms in total. The number of alkyl halides is 2. The van der Waals surface area contributed by atoms with Gasteiger partial charge in [0.2, 0.25) is 5.91 Å². The third-order valence-corrected chi connectivity index (χ3v) is 2.90. The van der Waals surface area contributed by atoms with E-state index in [1.807, 2.05) is 0 Å². The summed E-state index contributed by atoms with van der Waals surface area (Å²) in [6.45, 7) is 2.14. The number of halogens is 2. The normalized spacial score (nSPS) is 14.1. The van der Waals surface area contributed by atoms with Crippen molar-refractivity contribution < 1.29 is 18.3 Å². The van der Waals surface area contributed by atoms with E-state index in [4.69, 9.17) is 5.73 Å². The van der Waals surface area contributed by atoms with Crippen LogP contribution in [0.4, 0.5) is 14.5 Å². The smallest absolute Gasteiger partial charge is 0.387 e. The Morgan fingerprint density at radius 2 is 2.00 bits per heavy atom. The third kappa shape index (κ3) is 4.17. The van der Waals surface area contributed by atoms with Crippen molar-refractivity contribution in [2.75, 3.05) is 5.32 Å². The highest BCUT2D eigenvalue weighted by Crippen LogP contribution is 2.29. The molecule has 1 amide bonds. The molecule has 1 aromatic carbocycles. The summed E-state index contributed by atoms with van der Waals surface area (Å²) in [5.74, 6) is -0.817. The van der Waals surface area contributed by atoms with E-state index in [2.05, 4.69) is 10.1 Å². The summed E-state index contributed by atoms with van der Waals surface area (Å²) < 4.78 is 29.0. The Kier molecular flexibility index (Phi) is 5.23. The van der Waals surface area contributed by atoms with E-state index in [0.717, 1.165) is 0 Å². The van der Waals surface area contributed by atoms with Crippen molar-refractivity contribution in [3.8, 4) is 5.75 Å². The van der Waals surface area contributed by atoms with Gasteiger partial charge >= 0.3 is 6.61 Å². The molecule has 19 heavy (non-hydrogen) atoms. The molecule has 2 atom stereocenters. The monoisotopic (exact) mass is 272 g/mol. The first kappa shape index (κ1) is 15.4. The maximum atomic E-state index is 12.3. The van der Waals surface area contributed by atoms with Crippen LogP contribution in [0.25, 0.3) is 0 Å². The Morgan fingerprint density at radius 3 is 2.53 bits per heavy atom. The molecule has 0 radical (unpaired) electrons. The zero-order valence-electron chi connectivity index (χ0n) is 11.1. The number of hydrogen-bond donors (Lipinski definition) is 2. The van der Waals surface area contributed by atoms with Gasteiger partial charge in [0.15, 0.2) is 0 Å². The lowest BCUT2D eigenvalue weighted by Crippen LogP contribution is -2.34. The number of nitrogens with two attached hydrogens (primary N) is 1. The number of carbonyl (C=O) groups is 1. The van der Waals surface area contributed by atoms with E-state index >= 15 is 0 Å². The van der Waals surface area contributed by atoms with E-state index in [0.29, 0.717) is 5.56 Å². The van der Waals surface area contributed by atoms with Crippen LogP contribution in [0, 0.1) is 12.8 Å².